The first-order valence-corrected chi connectivity index (χ1v) is 12.8. The van der Waals surface area contributed by atoms with E-state index in [1.165, 1.54) is 27.5 Å². The fourth-order valence-electron chi connectivity index (χ4n) is 4.53. The topological polar surface area (TPSA) is 107 Å². The van der Waals surface area contributed by atoms with Crippen LogP contribution in [0.2, 0.25) is 5.02 Å². The summed E-state index contributed by atoms with van der Waals surface area (Å²) in [4.78, 5) is 33.7. The first-order chi connectivity index (χ1) is 19.4. The van der Waals surface area contributed by atoms with Crippen LogP contribution in [0.25, 0.3) is 10.9 Å². The smallest absolute Gasteiger partial charge is 0.251 e. The van der Waals surface area contributed by atoms with Crippen molar-refractivity contribution in [2.24, 2.45) is 0 Å². The van der Waals surface area contributed by atoms with Gasteiger partial charge in [-0.25, -0.2) is 4.98 Å². The summed E-state index contributed by atoms with van der Waals surface area (Å²) in [5, 5.41) is 4.33. The fraction of sp³-hybridized carbons (Fsp3) is 0.167. The van der Waals surface area contributed by atoms with E-state index in [9.17, 15) is 9.59 Å². The number of hydrogen-bond acceptors (Lipinski definition) is 6. The third-order valence-electron chi connectivity index (χ3n) is 6.51. The van der Waals surface area contributed by atoms with Crippen LogP contribution in [0.4, 0.5) is 0 Å². The zero-order valence-electron chi connectivity index (χ0n) is 22.2. The molecule has 204 valence electrons. The van der Waals surface area contributed by atoms with Crippen LogP contribution in [0, 0.1) is 0 Å². The number of imidazole rings is 1. The lowest BCUT2D eigenvalue weighted by molar-refractivity contribution is 0.0949. The predicted molar refractivity (Wildman–Crippen MR) is 152 cm³/mol. The number of nitrogens with zero attached hydrogens (tertiary/aromatic N) is 2. The van der Waals surface area contributed by atoms with Gasteiger partial charge in [0.05, 0.1) is 45.3 Å². The van der Waals surface area contributed by atoms with Gasteiger partial charge in [0, 0.05) is 34.2 Å². The Kier molecular flexibility index (Phi) is 7.75. The molecule has 0 fully saturated rings. The van der Waals surface area contributed by atoms with Gasteiger partial charge in [-0.05, 0) is 35.9 Å². The number of halogens is 1. The van der Waals surface area contributed by atoms with E-state index in [0.29, 0.717) is 45.6 Å². The lowest BCUT2D eigenvalue weighted by Crippen LogP contribution is -2.23. The number of carbonyl (C=O) groups excluding carboxylic acids is 2. The molecule has 1 amide bonds. The van der Waals surface area contributed by atoms with Crippen LogP contribution >= 0.6 is 11.6 Å². The van der Waals surface area contributed by atoms with Crippen LogP contribution < -0.4 is 19.5 Å². The predicted octanol–water partition coefficient (Wildman–Crippen LogP) is 5.25. The van der Waals surface area contributed by atoms with E-state index in [2.05, 4.69) is 15.3 Å². The molecule has 0 aliphatic heterocycles. The van der Waals surface area contributed by atoms with Gasteiger partial charge < -0.3 is 29.1 Å². The highest BCUT2D eigenvalue weighted by Gasteiger charge is 2.20. The van der Waals surface area contributed by atoms with Gasteiger partial charge in [0.1, 0.15) is 0 Å². The number of para-hydroxylation sites is 1. The summed E-state index contributed by atoms with van der Waals surface area (Å²) < 4.78 is 18.0. The minimum absolute atomic E-state index is 0.133. The molecule has 0 aliphatic rings. The molecule has 0 radical (unpaired) electrons. The Labute approximate surface area is 235 Å². The first-order valence-electron chi connectivity index (χ1n) is 12.4. The van der Waals surface area contributed by atoms with Gasteiger partial charge in [-0.1, -0.05) is 41.9 Å². The average Bonchev–Trinajstić information content (AvgIpc) is 3.61. The number of ether oxygens (including phenoxy) is 3. The monoisotopic (exact) mass is 558 g/mol. The molecule has 0 unspecified atom stereocenters. The summed E-state index contributed by atoms with van der Waals surface area (Å²) in [6, 6.07) is 18.5. The van der Waals surface area contributed by atoms with Crippen molar-refractivity contribution >= 4 is 34.2 Å². The first kappa shape index (κ1) is 26.8. The highest BCUT2D eigenvalue weighted by molar-refractivity contribution is 6.30. The number of nitrogens with one attached hydrogen (secondary N) is 2. The van der Waals surface area contributed by atoms with Crippen molar-refractivity contribution in [3.8, 4) is 17.2 Å². The normalized spacial score (nSPS) is 10.9. The lowest BCUT2D eigenvalue weighted by atomic mass is 10.1. The molecule has 2 N–H and O–H groups in total. The summed E-state index contributed by atoms with van der Waals surface area (Å²) >= 11 is 6.03. The number of rotatable bonds is 10. The SMILES string of the molecule is COc1cc(C(=O)NCc2cnc(C(=O)c3cn(Cc4ccc(Cl)cc4)c4ccccc34)[nH]2)cc(OC)c1OC. The molecule has 5 aromatic rings. The molecule has 10 heteroatoms. The molecule has 5 rings (SSSR count). The Morgan fingerprint density at radius 2 is 1.68 bits per heavy atom. The van der Waals surface area contributed by atoms with E-state index >= 15 is 0 Å². The van der Waals surface area contributed by atoms with Gasteiger partial charge in [0.25, 0.3) is 5.91 Å². The maximum Gasteiger partial charge on any atom is 0.251 e. The Balaban J connectivity index is 1.33. The third-order valence-corrected chi connectivity index (χ3v) is 6.76. The molecular formula is C30H27ClN4O5. The second kappa shape index (κ2) is 11.5. The maximum absolute atomic E-state index is 13.5. The van der Waals surface area contributed by atoms with Crippen molar-refractivity contribution < 1.29 is 23.8 Å². The number of amides is 1. The van der Waals surface area contributed by atoms with Gasteiger partial charge in [0.2, 0.25) is 11.5 Å². The minimum atomic E-state index is -0.355. The highest BCUT2D eigenvalue weighted by Crippen LogP contribution is 2.38. The number of methoxy groups -OCH3 is 3. The lowest BCUT2D eigenvalue weighted by Gasteiger charge is -2.14. The van der Waals surface area contributed by atoms with Crippen molar-refractivity contribution in [2.45, 2.75) is 13.1 Å². The van der Waals surface area contributed by atoms with Crippen LogP contribution in [0.15, 0.2) is 73.1 Å². The molecule has 40 heavy (non-hydrogen) atoms. The summed E-state index contributed by atoms with van der Waals surface area (Å²) in [6.07, 6.45) is 3.38. The van der Waals surface area contributed by atoms with Crippen molar-refractivity contribution in [3.05, 3.63) is 106 Å². The number of carbonyl (C=O) groups is 2. The molecule has 9 nitrogen and oxygen atoms in total. The van der Waals surface area contributed by atoms with E-state index < -0.39 is 0 Å². The average molecular weight is 559 g/mol. The van der Waals surface area contributed by atoms with Crippen molar-refractivity contribution in [1.82, 2.24) is 19.9 Å². The highest BCUT2D eigenvalue weighted by atomic mass is 35.5. The van der Waals surface area contributed by atoms with Crippen molar-refractivity contribution in [1.29, 1.82) is 0 Å². The van der Waals surface area contributed by atoms with E-state index in [-0.39, 0.29) is 24.1 Å². The molecule has 2 aromatic heterocycles. The Morgan fingerprint density at radius 1 is 0.975 bits per heavy atom. The number of fused-ring (bicyclic) bond motifs is 1. The number of ketones is 1. The number of benzene rings is 3. The van der Waals surface area contributed by atoms with Gasteiger partial charge >= 0.3 is 0 Å². The Hall–Kier alpha value is -4.76. The van der Waals surface area contributed by atoms with Crippen molar-refractivity contribution in [2.75, 3.05) is 21.3 Å². The van der Waals surface area contributed by atoms with E-state index in [1.54, 1.807) is 12.1 Å². The van der Waals surface area contributed by atoms with Crippen LogP contribution in [-0.2, 0) is 13.1 Å². The largest absolute Gasteiger partial charge is 0.493 e. The van der Waals surface area contributed by atoms with E-state index in [0.717, 1.165) is 16.5 Å². The minimum Gasteiger partial charge on any atom is -0.493 e. The summed E-state index contributed by atoms with van der Waals surface area (Å²) in [7, 11) is 4.46. The zero-order valence-corrected chi connectivity index (χ0v) is 22.9. The molecule has 0 atom stereocenters. The summed E-state index contributed by atoms with van der Waals surface area (Å²) in [6.45, 7) is 0.718. The summed E-state index contributed by atoms with van der Waals surface area (Å²) in [5.74, 6) is 0.729. The van der Waals surface area contributed by atoms with Crippen LogP contribution in [0.5, 0.6) is 17.2 Å². The molecular weight excluding hydrogens is 532 g/mol. The molecule has 0 saturated heterocycles. The van der Waals surface area contributed by atoms with E-state index in [4.69, 9.17) is 25.8 Å². The summed E-state index contributed by atoms with van der Waals surface area (Å²) in [5.41, 5.74) is 3.44. The number of aromatic amines is 1. The number of aromatic nitrogens is 3. The zero-order chi connectivity index (χ0) is 28.2. The third kappa shape index (κ3) is 5.37. The van der Waals surface area contributed by atoms with E-state index in [1.807, 2.05) is 59.3 Å². The Bertz CT molecular complexity index is 1670. The van der Waals surface area contributed by atoms with Gasteiger partial charge in [0.15, 0.2) is 17.3 Å². The van der Waals surface area contributed by atoms with Crippen LogP contribution in [0.3, 0.4) is 0 Å². The van der Waals surface area contributed by atoms with Gasteiger partial charge in [-0.15, -0.1) is 0 Å². The van der Waals surface area contributed by atoms with Crippen LogP contribution in [0.1, 0.15) is 37.8 Å². The fourth-order valence-corrected chi connectivity index (χ4v) is 4.65. The number of H-pyrrole nitrogens is 1. The molecule has 0 aliphatic carbocycles. The standard InChI is InChI=1S/C30H27ClN4O5/c1-38-25-12-19(13-26(39-2)28(25)40-3)30(37)33-15-21-14-32-29(34-21)27(36)23-17-35(24-7-5-4-6-22(23)24)16-18-8-10-20(31)11-9-18/h4-14,17H,15-16H2,1-3H3,(H,32,34)(H,33,37). The number of hydrogen-bond donors (Lipinski definition) is 2. The molecule has 0 saturated carbocycles. The molecule has 3 aromatic carbocycles. The molecule has 0 spiro atoms. The van der Waals surface area contributed by atoms with Crippen molar-refractivity contribution in [3.63, 3.8) is 0 Å². The second-order valence-corrected chi connectivity index (χ2v) is 9.43. The second-order valence-electron chi connectivity index (χ2n) is 9.00. The molecule has 0 bridgehead atoms. The van der Waals surface area contributed by atoms with Gasteiger partial charge in [-0.2, -0.15) is 0 Å². The molecule has 2 heterocycles. The maximum atomic E-state index is 13.5. The van der Waals surface area contributed by atoms with Gasteiger partial charge in [-0.3, -0.25) is 9.59 Å². The van der Waals surface area contributed by atoms with Crippen LogP contribution in [-0.4, -0.2) is 47.6 Å². The quantitative estimate of drug-likeness (QED) is 0.227. The Morgan fingerprint density at radius 3 is 2.35 bits per heavy atom.